The summed E-state index contributed by atoms with van der Waals surface area (Å²) in [5.41, 5.74) is 10.2. The third-order valence-corrected chi connectivity index (χ3v) is 9.94. The molecule has 10 rings (SSSR count). The molecule has 4 aromatic heterocycles. The van der Waals surface area contributed by atoms with Gasteiger partial charge in [0, 0.05) is 53.0 Å². The second-order valence-electron chi connectivity index (χ2n) is 13.3. The van der Waals surface area contributed by atoms with Crippen molar-refractivity contribution in [3.05, 3.63) is 169 Å². The zero-order valence-corrected chi connectivity index (χ0v) is 30.5. The molecular weight excluding hydrogens is 824 g/mol. The molecule has 0 N–H and O–H groups in total. The topological polar surface area (TPSA) is 60.5 Å². The van der Waals surface area contributed by atoms with Gasteiger partial charge >= 0.3 is 21.1 Å². The summed E-state index contributed by atoms with van der Waals surface area (Å²) in [7, 11) is 0. The number of rotatable bonds is 5. The van der Waals surface area contributed by atoms with Gasteiger partial charge in [-0.1, -0.05) is 79.2 Å². The zero-order chi connectivity index (χ0) is 34.1. The van der Waals surface area contributed by atoms with Gasteiger partial charge in [-0.3, -0.25) is 9.67 Å². The Labute approximate surface area is 315 Å². The van der Waals surface area contributed by atoms with Gasteiger partial charge < -0.3 is 14.0 Å². The number of fused-ring (bicyclic) bond motifs is 8. The molecule has 5 heterocycles. The zero-order valence-electron chi connectivity index (χ0n) is 28.3. The van der Waals surface area contributed by atoms with Crippen LogP contribution >= 0.6 is 0 Å². The number of benzene rings is 5. The smallest absolute Gasteiger partial charge is 0.503 e. The largest absolute Gasteiger partial charge is 2.00 e. The fraction of sp³-hybridized carbons (Fsp3) is 0.0682. The van der Waals surface area contributed by atoms with Gasteiger partial charge in [-0.2, -0.15) is 11.2 Å². The molecule has 0 radical (unpaired) electrons. The van der Waals surface area contributed by atoms with E-state index in [1.165, 1.54) is 22.5 Å². The summed E-state index contributed by atoms with van der Waals surface area (Å²) in [6.45, 7) is 4.61. The van der Waals surface area contributed by atoms with Crippen molar-refractivity contribution in [2.75, 3.05) is 4.90 Å². The van der Waals surface area contributed by atoms with E-state index in [1.54, 1.807) is 12.4 Å². The SMILES string of the molecule is CC1(C)c2ccccc2N(c2ccccc2)c2ccc(-c3ccn(-c4[c-]c(Oc5[c-]c6c(cc5)c5cccnc5n5ccnc65)ccc4)n3)cc21.[Pt+2]. The minimum Gasteiger partial charge on any atom is -0.503 e. The van der Waals surface area contributed by atoms with Crippen LogP contribution in [-0.2, 0) is 26.5 Å². The first-order chi connectivity index (χ1) is 25.0. The first kappa shape index (κ1) is 31.9. The average molecular weight is 854 g/mol. The van der Waals surface area contributed by atoms with Crippen LogP contribution in [0.2, 0.25) is 0 Å². The molecule has 5 aromatic carbocycles. The molecule has 52 heavy (non-hydrogen) atoms. The van der Waals surface area contributed by atoms with Crippen LogP contribution in [0.15, 0.2) is 146 Å². The quantitative estimate of drug-likeness (QED) is 0.128. The Hall–Kier alpha value is -6.04. The van der Waals surface area contributed by atoms with Crippen LogP contribution in [0.25, 0.3) is 44.4 Å². The van der Waals surface area contributed by atoms with Crippen molar-refractivity contribution < 1.29 is 25.8 Å². The predicted octanol–water partition coefficient (Wildman–Crippen LogP) is 10.4. The van der Waals surface area contributed by atoms with E-state index in [-0.39, 0.29) is 26.5 Å². The monoisotopic (exact) mass is 853 g/mol. The molecule has 0 bridgehead atoms. The Kier molecular flexibility index (Phi) is 7.56. The van der Waals surface area contributed by atoms with Crippen LogP contribution in [0, 0.1) is 12.1 Å². The maximum Gasteiger partial charge on any atom is 2.00 e. The predicted molar refractivity (Wildman–Crippen MR) is 202 cm³/mol. The normalized spacial score (nSPS) is 13.2. The van der Waals surface area contributed by atoms with Gasteiger partial charge in [0.25, 0.3) is 0 Å². The van der Waals surface area contributed by atoms with Crippen LogP contribution < -0.4 is 9.64 Å². The summed E-state index contributed by atoms with van der Waals surface area (Å²) in [6.07, 6.45) is 7.47. The van der Waals surface area contributed by atoms with Gasteiger partial charge in [0.1, 0.15) is 5.65 Å². The number of nitrogens with zero attached hydrogens (tertiary/aromatic N) is 6. The van der Waals surface area contributed by atoms with Gasteiger partial charge in [0.2, 0.25) is 0 Å². The van der Waals surface area contributed by atoms with E-state index in [9.17, 15) is 0 Å². The Bertz CT molecular complexity index is 2790. The molecule has 7 nitrogen and oxygen atoms in total. The van der Waals surface area contributed by atoms with Gasteiger partial charge in [-0.25, -0.2) is 4.98 Å². The number of pyridine rings is 2. The Morgan fingerprint density at radius 3 is 2.35 bits per heavy atom. The van der Waals surface area contributed by atoms with E-state index < -0.39 is 0 Å². The molecule has 8 heteroatoms. The number of aromatic nitrogens is 5. The van der Waals surface area contributed by atoms with E-state index in [2.05, 4.69) is 120 Å². The molecular formula is C44H30N6OPt. The van der Waals surface area contributed by atoms with E-state index in [4.69, 9.17) is 9.84 Å². The molecule has 0 fully saturated rings. The van der Waals surface area contributed by atoms with Crippen LogP contribution in [0.5, 0.6) is 11.5 Å². The standard InChI is InChI=1S/C44H30N6O.Pt/c1-44(2)37-15-6-7-16-40(37)50(30-10-4-3-5-11-30)41-20-17-29(26-38(41)44)39-21-24-49(47-39)31-12-8-13-32(27-31)51-33-18-19-34-35-14-9-22-45-42(35)48-25-23-46-43(48)36(34)28-33;/h3-26H,1-2H3;/q-2;+2. The van der Waals surface area contributed by atoms with Crippen molar-refractivity contribution in [3.8, 4) is 28.4 Å². The second kappa shape index (κ2) is 12.3. The van der Waals surface area contributed by atoms with E-state index in [0.29, 0.717) is 11.5 Å². The minimum absolute atomic E-state index is 0. The molecule has 9 aromatic rings. The summed E-state index contributed by atoms with van der Waals surface area (Å²) >= 11 is 0. The van der Waals surface area contributed by atoms with Crippen LogP contribution in [-0.4, -0.2) is 24.1 Å². The van der Waals surface area contributed by atoms with Crippen molar-refractivity contribution >= 4 is 44.5 Å². The summed E-state index contributed by atoms with van der Waals surface area (Å²) in [4.78, 5) is 11.6. The molecule has 0 atom stereocenters. The van der Waals surface area contributed by atoms with E-state index in [0.717, 1.165) is 50.1 Å². The molecule has 1 aliphatic heterocycles. The molecule has 0 spiro atoms. The van der Waals surface area contributed by atoms with Crippen LogP contribution in [0.3, 0.4) is 0 Å². The fourth-order valence-corrected chi connectivity index (χ4v) is 7.47. The van der Waals surface area contributed by atoms with Gasteiger partial charge in [-0.05, 0) is 64.7 Å². The Balaban J connectivity index is 0.00000360. The van der Waals surface area contributed by atoms with Crippen LogP contribution in [0.4, 0.5) is 17.1 Å². The molecule has 0 amide bonds. The molecule has 0 aliphatic carbocycles. The molecule has 1 aliphatic rings. The first-order valence-electron chi connectivity index (χ1n) is 16.9. The second-order valence-corrected chi connectivity index (χ2v) is 13.3. The summed E-state index contributed by atoms with van der Waals surface area (Å²) < 4.78 is 10.2. The average Bonchev–Trinajstić information content (AvgIpc) is 3.88. The molecule has 0 saturated carbocycles. The number of hydrogen-bond donors (Lipinski definition) is 0. The Morgan fingerprint density at radius 1 is 0.635 bits per heavy atom. The third-order valence-electron chi connectivity index (χ3n) is 9.94. The summed E-state index contributed by atoms with van der Waals surface area (Å²) in [5.74, 6) is 1.14. The summed E-state index contributed by atoms with van der Waals surface area (Å²) in [6, 6.07) is 48.7. The van der Waals surface area contributed by atoms with Crippen molar-refractivity contribution in [1.29, 1.82) is 0 Å². The third kappa shape index (κ3) is 5.03. The maximum atomic E-state index is 6.33. The summed E-state index contributed by atoms with van der Waals surface area (Å²) in [5, 5.41) is 7.93. The number of para-hydroxylation sites is 2. The van der Waals surface area contributed by atoms with E-state index in [1.807, 2.05) is 63.9 Å². The van der Waals surface area contributed by atoms with Gasteiger partial charge in [-0.15, -0.1) is 30.3 Å². The maximum absolute atomic E-state index is 6.33. The first-order valence-corrected chi connectivity index (χ1v) is 16.9. The fourth-order valence-electron chi connectivity index (χ4n) is 7.47. The van der Waals surface area contributed by atoms with Gasteiger partial charge in [0.15, 0.2) is 0 Å². The Morgan fingerprint density at radius 2 is 1.44 bits per heavy atom. The molecule has 0 unspecified atom stereocenters. The number of imidazole rings is 1. The van der Waals surface area contributed by atoms with Crippen LogP contribution in [0.1, 0.15) is 25.0 Å². The van der Waals surface area contributed by atoms with Gasteiger partial charge in [0.05, 0.1) is 22.7 Å². The number of anilines is 3. The van der Waals surface area contributed by atoms with E-state index >= 15 is 0 Å². The van der Waals surface area contributed by atoms with Crippen molar-refractivity contribution in [2.45, 2.75) is 19.3 Å². The number of hydrogen-bond acceptors (Lipinski definition) is 5. The van der Waals surface area contributed by atoms with Crippen molar-refractivity contribution in [1.82, 2.24) is 24.1 Å². The number of ether oxygens (including phenoxy) is 1. The van der Waals surface area contributed by atoms with Crippen molar-refractivity contribution in [2.24, 2.45) is 0 Å². The van der Waals surface area contributed by atoms with Crippen molar-refractivity contribution in [3.63, 3.8) is 0 Å². The minimum atomic E-state index is -0.206. The molecule has 0 saturated heterocycles. The molecule has 252 valence electrons.